The summed E-state index contributed by atoms with van der Waals surface area (Å²) in [4.78, 5) is 0. The Balaban J connectivity index is 2.70. The van der Waals surface area contributed by atoms with Gasteiger partial charge in [-0.05, 0) is 19.3 Å². The summed E-state index contributed by atoms with van der Waals surface area (Å²) in [5, 5.41) is -0.322. The maximum atomic E-state index is 12.4. The third kappa shape index (κ3) is 4.26. The van der Waals surface area contributed by atoms with E-state index in [2.05, 4.69) is 0 Å². The molecule has 0 heterocycles. The van der Waals surface area contributed by atoms with Crippen molar-refractivity contribution in [2.45, 2.75) is 56.2 Å². The van der Waals surface area contributed by atoms with E-state index in [9.17, 15) is 13.2 Å². The highest BCUT2D eigenvalue weighted by atomic mass is 28.3. The average molecular weight is 270 g/mol. The van der Waals surface area contributed by atoms with Crippen molar-refractivity contribution in [3.05, 3.63) is 0 Å². The lowest BCUT2D eigenvalue weighted by atomic mass is 9.84. The Bertz CT molecular complexity index is 223. The molecular formula is C11H21F3O2Si. The zero-order chi connectivity index (χ0) is 12.9. The van der Waals surface area contributed by atoms with Crippen LogP contribution in [0.4, 0.5) is 13.2 Å². The topological polar surface area (TPSA) is 18.5 Å². The van der Waals surface area contributed by atoms with Gasteiger partial charge in [0, 0.05) is 25.7 Å². The van der Waals surface area contributed by atoms with E-state index in [-0.39, 0.29) is 11.5 Å². The van der Waals surface area contributed by atoms with Crippen molar-refractivity contribution in [2.75, 3.05) is 14.2 Å². The molecule has 0 radical (unpaired) electrons. The van der Waals surface area contributed by atoms with Crippen LogP contribution in [0.3, 0.4) is 0 Å². The van der Waals surface area contributed by atoms with Crippen molar-refractivity contribution < 1.29 is 22.0 Å². The highest BCUT2D eigenvalue weighted by Crippen LogP contribution is 2.50. The lowest BCUT2D eigenvalue weighted by Crippen LogP contribution is -2.39. The van der Waals surface area contributed by atoms with Crippen LogP contribution in [0.25, 0.3) is 0 Å². The molecule has 0 spiro atoms. The van der Waals surface area contributed by atoms with Gasteiger partial charge in [0.05, 0.1) is 0 Å². The van der Waals surface area contributed by atoms with Crippen molar-refractivity contribution >= 4 is 9.28 Å². The summed E-state index contributed by atoms with van der Waals surface area (Å²) in [6.45, 7) is 0. The van der Waals surface area contributed by atoms with Crippen LogP contribution in [0, 0.1) is 0 Å². The normalized spacial score (nSPS) is 20.8. The quantitative estimate of drug-likeness (QED) is 0.711. The number of alkyl halides is 3. The number of hydrogen-bond acceptors (Lipinski definition) is 2. The molecule has 0 saturated heterocycles. The molecule has 1 fully saturated rings. The summed E-state index contributed by atoms with van der Waals surface area (Å²) >= 11 is 0. The third-order valence-corrected chi connectivity index (χ3v) is 6.41. The van der Waals surface area contributed by atoms with Crippen LogP contribution < -0.4 is 0 Å². The Hall–Kier alpha value is -0.0731. The average Bonchev–Trinajstić information content (AvgIpc) is 2.29. The van der Waals surface area contributed by atoms with Crippen LogP contribution in [0.5, 0.6) is 0 Å². The van der Waals surface area contributed by atoms with Crippen LogP contribution in [-0.4, -0.2) is 29.7 Å². The Morgan fingerprint density at radius 2 is 1.59 bits per heavy atom. The van der Waals surface area contributed by atoms with Gasteiger partial charge < -0.3 is 8.85 Å². The van der Waals surface area contributed by atoms with Gasteiger partial charge in [-0.3, -0.25) is 0 Å². The lowest BCUT2D eigenvalue weighted by Gasteiger charge is -2.40. The van der Waals surface area contributed by atoms with Gasteiger partial charge in [-0.25, -0.2) is 0 Å². The second kappa shape index (κ2) is 6.20. The Morgan fingerprint density at radius 1 is 1.06 bits per heavy atom. The molecular weight excluding hydrogens is 249 g/mol. The fourth-order valence-electron chi connectivity index (χ4n) is 2.85. The first-order valence-corrected chi connectivity index (χ1v) is 7.58. The van der Waals surface area contributed by atoms with Crippen LogP contribution in [0.2, 0.25) is 5.04 Å². The summed E-state index contributed by atoms with van der Waals surface area (Å²) in [6.07, 6.45) is 0.108. The second-order valence-corrected chi connectivity index (χ2v) is 7.67. The second-order valence-electron chi connectivity index (χ2n) is 4.84. The number of hydrogen-bond donors (Lipinski definition) is 0. The summed E-state index contributed by atoms with van der Waals surface area (Å²) < 4.78 is 47.9. The maximum absolute atomic E-state index is 12.4. The fraction of sp³-hybridized carbons (Fsp3) is 1.00. The zero-order valence-electron chi connectivity index (χ0n) is 10.5. The summed E-state index contributed by atoms with van der Waals surface area (Å²) in [5.74, 6) is 0. The molecule has 17 heavy (non-hydrogen) atoms. The first-order chi connectivity index (χ1) is 7.93. The molecule has 0 aromatic rings. The maximum Gasteiger partial charge on any atom is 0.389 e. The molecule has 1 rings (SSSR count). The van der Waals surface area contributed by atoms with E-state index in [0.717, 1.165) is 32.1 Å². The first-order valence-electron chi connectivity index (χ1n) is 6.06. The van der Waals surface area contributed by atoms with Crippen molar-refractivity contribution in [2.24, 2.45) is 0 Å². The number of rotatable bonds is 5. The van der Waals surface area contributed by atoms with E-state index in [1.165, 1.54) is 0 Å². The van der Waals surface area contributed by atoms with E-state index in [1.807, 2.05) is 0 Å². The monoisotopic (exact) mass is 270 g/mol. The SMILES string of the molecule is CO[SiH](OC)C1(CCC(F)(F)F)CCCCC1. The van der Waals surface area contributed by atoms with Gasteiger partial charge in [-0.15, -0.1) is 0 Å². The highest BCUT2D eigenvalue weighted by molar-refractivity contribution is 6.48. The molecule has 0 bridgehead atoms. The predicted molar refractivity (Wildman–Crippen MR) is 62.2 cm³/mol. The molecule has 1 aliphatic carbocycles. The van der Waals surface area contributed by atoms with Crippen LogP contribution in [-0.2, 0) is 8.85 Å². The van der Waals surface area contributed by atoms with Gasteiger partial charge >= 0.3 is 15.5 Å². The van der Waals surface area contributed by atoms with Crippen molar-refractivity contribution in [3.8, 4) is 0 Å². The van der Waals surface area contributed by atoms with Crippen LogP contribution >= 0.6 is 0 Å². The molecule has 1 saturated carbocycles. The molecule has 0 aliphatic heterocycles. The molecule has 0 atom stereocenters. The molecule has 0 N–H and O–H groups in total. The van der Waals surface area contributed by atoms with Gasteiger partial charge in [-0.1, -0.05) is 19.3 Å². The molecule has 0 aromatic heterocycles. The lowest BCUT2D eigenvalue weighted by molar-refractivity contribution is -0.138. The predicted octanol–water partition coefficient (Wildman–Crippen LogP) is 3.55. The van der Waals surface area contributed by atoms with Gasteiger partial charge in [0.2, 0.25) is 0 Å². The molecule has 2 nitrogen and oxygen atoms in total. The molecule has 102 valence electrons. The fourth-order valence-corrected chi connectivity index (χ4v) is 5.30. The Morgan fingerprint density at radius 3 is 2.00 bits per heavy atom. The van der Waals surface area contributed by atoms with Gasteiger partial charge in [0.15, 0.2) is 0 Å². The molecule has 0 amide bonds. The van der Waals surface area contributed by atoms with Crippen LogP contribution in [0.1, 0.15) is 44.9 Å². The third-order valence-electron chi connectivity index (χ3n) is 3.68. The van der Waals surface area contributed by atoms with Gasteiger partial charge in [0.1, 0.15) is 0 Å². The van der Waals surface area contributed by atoms with E-state index in [4.69, 9.17) is 8.85 Å². The molecule has 6 heteroatoms. The van der Waals surface area contributed by atoms with E-state index in [1.54, 1.807) is 14.2 Å². The van der Waals surface area contributed by atoms with E-state index < -0.39 is 21.9 Å². The molecule has 0 aromatic carbocycles. The highest BCUT2D eigenvalue weighted by Gasteiger charge is 2.45. The van der Waals surface area contributed by atoms with Crippen LogP contribution in [0.15, 0.2) is 0 Å². The molecule has 1 aliphatic rings. The van der Waals surface area contributed by atoms with E-state index >= 15 is 0 Å². The summed E-state index contributed by atoms with van der Waals surface area (Å²) in [5.41, 5.74) is 0. The smallest absolute Gasteiger partial charge is 0.389 e. The minimum absolute atomic E-state index is 0.162. The molecule has 0 unspecified atom stereocenters. The Kier molecular flexibility index (Phi) is 5.46. The zero-order valence-corrected chi connectivity index (χ0v) is 11.6. The largest absolute Gasteiger partial charge is 0.400 e. The summed E-state index contributed by atoms with van der Waals surface area (Å²) in [6, 6.07) is 0. The number of halogens is 3. The van der Waals surface area contributed by atoms with Crippen molar-refractivity contribution in [1.29, 1.82) is 0 Å². The van der Waals surface area contributed by atoms with Gasteiger partial charge in [-0.2, -0.15) is 13.2 Å². The minimum atomic E-state index is -4.08. The minimum Gasteiger partial charge on any atom is -0.400 e. The van der Waals surface area contributed by atoms with Gasteiger partial charge in [0.25, 0.3) is 0 Å². The summed E-state index contributed by atoms with van der Waals surface area (Å²) in [7, 11) is 1.12. The van der Waals surface area contributed by atoms with E-state index in [0.29, 0.717) is 0 Å². The van der Waals surface area contributed by atoms with Crippen molar-refractivity contribution in [3.63, 3.8) is 0 Å². The first kappa shape index (κ1) is 15.0. The standard InChI is InChI=1S/C11H21F3O2Si/c1-15-17(16-2)10(6-4-3-5-7-10)8-9-11(12,13)14/h17H,3-9H2,1-2H3. The Labute approximate surface area is 102 Å². The van der Waals surface area contributed by atoms with Crippen molar-refractivity contribution in [1.82, 2.24) is 0 Å².